The number of primary amides is 1. The van der Waals surface area contributed by atoms with Gasteiger partial charge in [-0.15, -0.1) is 0 Å². The molecule has 1 aliphatic heterocycles. The van der Waals surface area contributed by atoms with E-state index in [1.807, 2.05) is 18.8 Å². The molecule has 2 aliphatic rings. The van der Waals surface area contributed by atoms with E-state index in [9.17, 15) is 4.79 Å². The molecule has 0 spiro atoms. The quantitative estimate of drug-likeness (QED) is 0.786. The van der Waals surface area contributed by atoms with Crippen molar-refractivity contribution in [1.82, 2.24) is 5.32 Å². The molecule has 4 nitrogen and oxygen atoms in total. The SMILES string of the molecule is CNC1(C(N)=O)CCC(SC2CCOCC2)C1. The van der Waals surface area contributed by atoms with Crippen LogP contribution in [-0.4, -0.2) is 42.2 Å². The van der Waals surface area contributed by atoms with Gasteiger partial charge in [0.15, 0.2) is 0 Å². The van der Waals surface area contributed by atoms with Gasteiger partial charge in [0.2, 0.25) is 5.91 Å². The summed E-state index contributed by atoms with van der Waals surface area (Å²) in [5, 5.41) is 4.40. The molecule has 1 aliphatic carbocycles. The van der Waals surface area contributed by atoms with Gasteiger partial charge in [-0.25, -0.2) is 0 Å². The molecule has 0 radical (unpaired) electrons. The minimum Gasteiger partial charge on any atom is -0.381 e. The lowest BCUT2D eigenvalue weighted by Crippen LogP contribution is -2.52. The Morgan fingerprint density at radius 2 is 2.06 bits per heavy atom. The molecule has 1 amide bonds. The largest absolute Gasteiger partial charge is 0.381 e. The molecule has 2 rings (SSSR count). The first-order chi connectivity index (χ1) is 8.16. The van der Waals surface area contributed by atoms with Crippen LogP contribution in [-0.2, 0) is 9.53 Å². The number of thioether (sulfide) groups is 1. The van der Waals surface area contributed by atoms with Gasteiger partial charge in [-0.1, -0.05) is 0 Å². The number of carbonyl (C=O) groups excluding carboxylic acids is 1. The molecule has 5 heteroatoms. The molecule has 98 valence electrons. The van der Waals surface area contributed by atoms with Crippen LogP contribution < -0.4 is 11.1 Å². The van der Waals surface area contributed by atoms with E-state index in [-0.39, 0.29) is 5.91 Å². The van der Waals surface area contributed by atoms with E-state index in [4.69, 9.17) is 10.5 Å². The second-order valence-corrected chi connectivity index (χ2v) is 6.61. The summed E-state index contributed by atoms with van der Waals surface area (Å²) in [4.78, 5) is 11.5. The molecule has 0 aromatic rings. The Kier molecular flexibility index (Phi) is 4.33. The van der Waals surface area contributed by atoms with Crippen LogP contribution in [0.3, 0.4) is 0 Å². The van der Waals surface area contributed by atoms with Crippen LogP contribution in [0.25, 0.3) is 0 Å². The molecule has 2 unspecified atom stereocenters. The lowest BCUT2D eigenvalue weighted by atomic mass is 9.97. The topological polar surface area (TPSA) is 64.3 Å². The number of likely N-dealkylation sites (N-methyl/N-ethyl adjacent to an activating group) is 1. The van der Waals surface area contributed by atoms with Gasteiger partial charge in [-0.05, 0) is 39.2 Å². The maximum absolute atomic E-state index is 11.5. The lowest BCUT2D eigenvalue weighted by molar-refractivity contribution is -0.124. The smallest absolute Gasteiger partial charge is 0.237 e. The summed E-state index contributed by atoms with van der Waals surface area (Å²) in [6.45, 7) is 1.77. The fraction of sp³-hybridized carbons (Fsp3) is 0.917. The van der Waals surface area contributed by atoms with Crippen LogP contribution in [0.2, 0.25) is 0 Å². The normalized spacial score (nSPS) is 35.0. The Labute approximate surface area is 107 Å². The zero-order valence-electron chi connectivity index (χ0n) is 10.4. The fourth-order valence-corrected chi connectivity index (χ4v) is 4.42. The highest BCUT2D eigenvalue weighted by molar-refractivity contribution is 8.00. The summed E-state index contributed by atoms with van der Waals surface area (Å²) in [7, 11) is 1.84. The van der Waals surface area contributed by atoms with Crippen molar-refractivity contribution in [1.29, 1.82) is 0 Å². The van der Waals surface area contributed by atoms with Crippen LogP contribution in [0.4, 0.5) is 0 Å². The Morgan fingerprint density at radius 3 is 2.59 bits per heavy atom. The maximum atomic E-state index is 11.5. The van der Waals surface area contributed by atoms with Gasteiger partial charge in [0, 0.05) is 23.7 Å². The summed E-state index contributed by atoms with van der Waals surface area (Å²) in [6.07, 6.45) is 5.13. The molecule has 0 aromatic carbocycles. The van der Waals surface area contributed by atoms with Crippen LogP contribution in [0.15, 0.2) is 0 Å². The van der Waals surface area contributed by atoms with Gasteiger partial charge in [-0.3, -0.25) is 4.79 Å². The van der Waals surface area contributed by atoms with E-state index >= 15 is 0 Å². The van der Waals surface area contributed by atoms with E-state index in [1.54, 1.807) is 0 Å². The minimum absolute atomic E-state index is 0.199. The summed E-state index contributed by atoms with van der Waals surface area (Å²) < 4.78 is 5.36. The molecule has 1 heterocycles. The van der Waals surface area contributed by atoms with Crippen molar-refractivity contribution in [2.45, 2.75) is 48.1 Å². The molecule has 17 heavy (non-hydrogen) atoms. The number of ether oxygens (including phenoxy) is 1. The van der Waals surface area contributed by atoms with Gasteiger partial charge in [0.1, 0.15) is 0 Å². The van der Waals surface area contributed by atoms with Crippen molar-refractivity contribution in [3.05, 3.63) is 0 Å². The van der Waals surface area contributed by atoms with Crippen LogP contribution in [0, 0.1) is 0 Å². The molecule has 2 fully saturated rings. The zero-order valence-corrected chi connectivity index (χ0v) is 11.2. The van der Waals surface area contributed by atoms with Crippen molar-refractivity contribution < 1.29 is 9.53 Å². The molecular formula is C12H22N2O2S. The molecule has 0 aromatic heterocycles. The minimum atomic E-state index is -0.456. The average Bonchev–Trinajstić information content (AvgIpc) is 2.75. The molecule has 1 saturated heterocycles. The second-order valence-electron chi connectivity index (χ2n) is 5.01. The van der Waals surface area contributed by atoms with E-state index in [0.29, 0.717) is 10.5 Å². The van der Waals surface area contributed by atoms with E-state index in [1.165, 1.54) is 0 Å². The number of amides is 1. The standard InChI is InChI=1S/C12H22N2O2S/c1-14-12(11(13)15)5-2-10(8-12)17-9-3-6-16-7-4-9/h9-10,14H,2-8H2,1H3,(H2,13,15). The van der Waals surface area contributed by atoms with E-state index in [2.05, 4.69) is 5.32 Å². The Bertz CT molecular complexity index is 282. The number of nitrogens with one attached hydrogen (secondary N) is 1. The number of hydrogen-bond acceptors (Lipinski definition) is 4. The predicted octanol–water partition coefficient (Wildman–Crippen LogP) is 0.895. The van der Waals surface area contributed by atoms with Gasteiger partial charge < -0.3 is 15.8 Å². The van der Waals surface area contributed by atoms with Crippen molar-refractivity contribution >= 4 is 17.7 Å². The summed E-state index contributed by atoms with van der Waals surface area (Å²) in [5.41, 5.74) is 5.05. The first-order valence-electron chi connectivity index (χ1n) is 6.38. The van der Waals surface area contributed by atoms with Gasteiger partial charge in [-0.2, -0.15) is 11.8 Å². The fourth-order valence-electron chi connectivity index (χ4n) is 2.77. The molecule has 2 atom stereocenters. The van der Waals surface area contributed by atoms with Crippen LogP contribution in [0.5, 0.6) is 0 Å². The van der Waals surface area contributed by atoms with E-state index in [0.717, 1.165) is 45.3 Å². The number of rotatable bonds is 4. The van der Waals surface area contributed by atoms with Gasteiger partial charge in [0.25, 0.3) is 0 Å². The van der Waals surface area contributed by atoms with Gasteiger partial charge in [0.05, 0.1) is 5.54 Å². The van der Waals surface area contributed by atoms with Crippen LogP contribution >= 0.6 is 11.8 Å². The number of carbonyl (C=O) groups is 1. The van der Waals surface area contributed by atoms with Crippen molar-refractivity contribution in [2.75, 3.05) is 20.3 Å². The first kappa shape index (κ1) is 13.2. The van der Waals surface area contributed by atoms with Crippen molar-refractivity contribution in [2.24, 2.45) is 5.73 Å². The third kappa shape index (κ3) is 2.95. The van der Waals surface area contributed by atoms with Crippen molar-refractivity contribution in [3.63, 3.8) is 0 Å². The third-order valence-corrected chi connectivity index (χ3v) is 5.62. The highest BCUT2D eigenvalue weighted by atomic mass is 32.2. The third-order valence-electron chi connectivity index (χ3n) is 3.97. The molecule has 1 saturated carbocycles. The zero-order chi connectivity index (χ0) is 12.3. The summed E-state index contributed by atoms with van der Waals surface area (Å²) >= 11 is 2.04. The summed E-state index contributed by atoms with van der Waals surface area (Å²) in [5.74, 6) is -0.199. The highest BCUT2D eigenvalue weighted by Crippen LogP contribution is 2.40. The van der Waals surface area contributed by atoms with Crippen LogP contribution in [0.1, 0.15) is 32.1 Å². The monoisotopic (exact) mass is 258 g/mol. The molecule has 3 N–H and O–H groups in total. The number of hydrogen-bond donors (Lipinski definition) is 2. The second kappa shape index (κ2) is 5.59. The Balaban J connectivity index is 1.86. The van der Waals surface area contributed by atoms with Crippen molar-refractivity contribution in [3.8, 4) is 0 Å². The molecule has 0 bridgehead atoms. The Hall–Kier alpha value is -0.260. The van der Waals surface area contributed by atoms with Gasteiger partial charge >= 0.3 is 0 Å². The molecular weight excluding hydrogens is 236 g/mol. The first-order valence-corrected chi connectivity index (χ1v) is 7.32. The summed E-state index contributed by atoms with van der Waals surface area (Å²) in [6, 6.07) is 0. The predicted molar refractivity (Wildman–Crippen MR) is 70.1 cm³/mol. The highest BCUT2D eigenvalue weighted by Gasteiger charge is 2.43. The average molecular weight is 258 g/mol. The number of nitrogens with two attached hydrogens (primary N) is 1. The Morgan fingerprint density at radius 1 is 1.35 bits per heavy atom. The lowest BCUT2D eigenvalue weighted by Gasteiger charge is -2.27. The maximum Gasteiger partial charge on any atom is 0.237 e. The van der Waals surface area contributed by atoms with E-state index < -0.39 is 5.54 Å².